The number of benzene rings is 1. The van der Waals surface area contributed by atoms with Crippen LogP contribution in [0.2, 0.25) is 0 Å². The molecule has 4 nitrogen and oxygen atoms in total. The standard InChI is InChI=1S/C12H12F2O4S/c1-7(2)5-6-19(17,18)9-4-3-8(13)10(11(9)14)12(15)16/h3-4H,1,5-6H2,2H3,(H,15,16). The number of carboxylic acids is 1. The molecule has 104 valence electrons. The molecule has 0 saturated heterocycles. The van der Waals surface area contributed by atoms with Crippen molar-refractivity contribution in [3.05, 3.63) is 41.5 Å². The van der Waals surface area contributed by atoms with Gasteiger partial charge in [-0.25, -0.2) is 22.0 Å². The van der Waals surface area contributed by atoms with Crippen molar-refractivity contribution in [3.63, 3.8) is 0 Å². The number of halogens is 2. The fourth-order valence-electron chi connectivity index (χ4n) is 1.39. The van der Waals surface area contributed by atoms with E-state index in [0.717, 1.165) is 6.07 Å². The summed E-state index contributed by atoms with van der Waals surface area (Å²) >= 11 is 0. The van der Waals surface area contributed by atoms with E-state index in [1.165, 1.54) is 0 Å². The Bertz CT molecular complexity index is 635. The number of hydrogen-bond acceptors (Lipinski definition) is 3. The molecular formula is C12H12F2O4S. The average Bonchev–Trinajstić information content (AvgIpc) is 2.25. The average molecular weight is 290 g/mol. The van der Waals surface area contributed by atoms with Gasteiger partial charge in [0.05, 0.1) is 5.75 Å². The van der Waals surface area contributed by atoms with E-state index < -0.39 is 43.7 Å². The van der Waals surface area contributed by atoms with E-state index in [4.69, 9.17) is 5.11 Å². The van der Waals surface area contributed by atoms with Gasteiger partial charge in [0.15, 0.2) is 15.7 Å². The highest BCUT2D eigenvalue weighted by Gasteiger charge is 2.26. The largest absolute Gasteiger partial charge is 0.477 e. The molecule has 0 aromatic heterocycles. The van der Waals surface area contributed by atoms with E-state index in [1.807, 2.05) is 0 Å². The van der Waals surface area contributed by atoms with Crippen molar-refractivity contribution in [2.24, 2.45) is 0 Å². The lowest BCUT2D eigenvalue weighted by atomic mass is 10.2. The number of rotatable bonds is 5. The van der Waals surface area contributed by atoms with E-state index in [1.54, 1.807) is 6.92 Å². The molecular weight excluding hydrogens is 278 g/mol. The molecule has 0 amide bonds. The summed E-state index contributed by atoms with van der Waals surface area (Å²) in [6.45, 7) is 5.13. The predicted octanol–water partition coefficient (Wildman–Crippen LogP) is 2.40. The molecule has 0 aliphatic rings. The van der Waals surface area contributed by atoms with Crippen molar-refractivity contribution in [1.29, 1.82) is 0 Å². The lowest BCUT2D eigenvalue weighted by Gasteiger charge is -2.08. The molecule has 0 bridgehead atoms. The van der Waals surface area contributed by atoms with Gasteiger partial charge in [0.2, 0.25) is 0 Å². The van der Waals surface area contributed by atoms with Gasteiger partial charge in [0.1, 0.15) is 16.3 Å². The molecule has 1 aromatic rings. The van der Waals surface area contributed by atoms with Crippen LogP contribution >= 0.6 is 0 Å². The summed E-state index contributed by atoms with van der Waals surface area (Å²) in [4.78, 5) is 9.89. The fraction of sp³-hybridized carbons (Fsp3) is 0.250. The van der Waals surface area contributed by atoms with E-state index >= 15 is 0 Å². The second-order valence-corrected chi connectivity index (χ2v) is 6.14. The van der Waals surface area contributed by atoms with Crippen molar-refractivity contribution in [3.8, 4) is 0 Å². The molecule has 19 heavy (non-hydrogen) atoms. The van der Waals surface area contributed by atoms with Gasteiger partial charge in [-0.05, 0) is 25.5 Å². The quantitative estimate of drug-likeness (QED) is 0.667. The summed E-state index contributed by atoms with van der Waals surface area (Å²) in [6, 6.07) is 1.35. The monoisotopic (exact) mass is 290 g/mol. The van der Waals surface area contributed by atoms with Gasteiger partial charge in [-0.3, -0.25) is 0 Å². The summed E-state index contributed by atoms with van der Waals surface area (Å²) in [5.41, 5.74) is -0.680. The van der Waals surface area contributed by atoms with Crippen LogP contribution in [0.1, 0.15) is 23.7 Å². The van der Waals surface area contributed by atoms with Crippen LogP contribution in [0.25, 0.3) is 0 Å². The Kier molecular flexibility index (Phi) is 4.41. The molecule has 7 heteroatoms. The summed E-state index contributed by atoms with van der Waals surface area (Å²) in [7, 11) is -4.02. The number of carbonyl (C=O) groups is 1. The van der Waals surface area contributed by atoms with Crippen molar-refractivity contribution < 1.29 is 27.1 Å². The molecule has 1 aromatic carbocycles. The molecule has 0 unspecified atom stereocenters. The molecule has 0 saturated carbocycles. The van der Waals surface area contributed by atoms with Crippen molar-refractivity contribution in [2.75, 3.05) is 5.75 Å². The smallest absolute Gasteiger partial charge is 0.341 e. The van der Waals surface area contributed by atoms with Gasteiger partial charge in [0, 0.05) is 0 Å². The number of aromatic carboxylic acids is 1. The molecule has 0 radical (unpaired) electrons. The summed E-state index contributed by atoms with van der Waals surface area (Å²) in [6.07, 6.45) is 0.113. The minimum atomic E-state index is -4.02. The Hall–Kier alpha value is -1.76. The summed E-state index contributed by atoms with van der Waals surface area (Å²) < 4.78 is 50.6. The maximum Gasteiger partial charge on any atom is 0.341 e. The first-order chi connectivity index (χ1) is 8.66. The maximum absolute atomic E-state index is 13.8. The molecule has 1 rings (SSSR count). The molecule has 0 aliphatic carbocycles. The van der Waals surface area contributed by atoms with Gasteiger partial charge >= 0.3 is 5.97 Å². The van der Waals surface area contributed by atoms with E-state index in [-0.39, 0.29) is 6.42 Å². The Morgan fingerprint density at radius 3 is 2.42 bits per heavy atom. The lowest BCUT2D eigenvalue weighted by Crippen LogP contribution is -2.14. The number of hydrogen-bond donors (Lipinski definition) is 1. The van der Waals surface area contributed by atoms with Crippen LogP contribution in [0.15, 0.2) is 29.2 Å². The molecule has 0 fully saturated rings. The highest BCUT2D eigenvalue weighted by molar-refractivity contribution is 7.91. The highest BCUT2D eigenvalue weighted by Crippen LogP contribution is 2.23. The lowest BCUT2D eigenvalue weighted by molar-refractivity contribution is 0.0685. The number of allylic oxidation sites excluding steroid dienone is 1. The zero-order valence-electron chi connectivity index (χ0n) is 10.1. The molecule has 0 spiro atoms. The van der Waals surface area contributed by atoms with Crippen LogP contribution in [-0.4, -0.2) is 25.2 Å². The van der Waals surface area contributed by atoms with Crippen LogP contribution in [0.4, 0.5) is 8.78 Å². The molecule has 1 N–H and O–H groups in total. The third kappa shape index (κ3) is 3.37. The highest BCUT2D eigenvalue weighted by atomic mass is 32.2. The zero-order valence-corrected chi connectivity index (χ0v) is 10.9. The van der Waals surface area contributed by atoms with Gasteiger partial charge in [-0.1, -0.05) is 5.57 Å². The van der Waals surface area contributed by atoms with E-state index in [9.17, 15) is 22.0 Å². The van der Waals surface area contributed by atoms with E-state index in [2.05, 4.69) is 6.58 Å². The maximum atomic E-state index is 13.8. The SMILES string of the molecule is C=C(C)CCS(=O)(=O)c1ccc(F)c(C(=O)O)c1F. The minimum absolute atomic E-state index is 0.113. The van der Waals surface area contributed by atoms with Gasteiger partial charge in [-0.2, -0.15) is 0 Å². The Labute approximate surface area is 109 Å². The van der Waals surface area contributed by atoms with Crippen molar-refractivity contribution in [1.82, 2.24) is 0 Å². The van der Waals surface area contributed by atoms with E-state index in [0.29, 0.717) is 11.6 Å². The first-order valence-corrected chi connectivity index (χ1v) is 6.90. The van der Waals surface area contributed by atoms with Gasteiger partial charge in [0.25, 0.3) is 0 Å². The van der Waals surface area contributed by atoms with Crippen LogP contribution in [0.5, 0.6) is 0 Å². The first-order valence-electron chi connectivity index (χ1n) is 5.25. The van der Waals surface area contributed by atoms with Crippen LogP contribution < -0.4 is 0 Å². The normalized spacial score (nSPS) is 11.3. The summed E-state index contributed by atoms with van der Waals surface area (Å²) in [5.74, 6) is -5.16. The number of sulfone groups is 1. The Morgan fingerprint density at radius 2 is 1.95 bits per heavy atom. The van der Waals surface area contributed by atoms with Crippen LogP contribution in [-0.2, 0) is 9.84 Å². The second kappa shape index (κ2) is 5.48. The minimum Gasteiger partial charge on any atom is -0.477 e. The Morgan fingerprint density at radius 1 is 1.37 bits per heavy atom. The third-order valence-electron chi connectivity index (χ3n) is 2.40. The van der Waals surface area contributed by atoms with Crippen LogP contribution in [0.3, 0.4) is 0 Å². The topological polar surface area (TPSA) is 71.4 Å². The van der Waals surface area contributed by atoms with Gasteiger partial charge < -0.3 is 5.11 Å². The third-order valence-corrected chi connectivity index (χ3v) is 4.13. The Balaban J connectivity index is 3.33. The first kappa shape index (κ1) is 15.3. The predicted molar refractivity (Wildman–Crippen MR) is 64.8 cm³/mol. The van der Waals surface area contributed by atoms with Crippen LogP contribution in [0, 0.1) is 11.6 Å². The zero-order chi connectivity index (χ0) is 14.8. The van der Waals surface area contributed by atoms with Crippen molar-refractivity contribution in [2.45, 2.75) is 18.2 Å². The molecule has 0 atom stereocenters. The number of carboxylic acid groups (broad SMARTS) is 1. The molecule has 0 aliphatic heterocycles. The summed E-state index contributed by atoms with van der Waals surface area (Å²) in [5, 5.41) is 8.67. The fourth-order valence-corrected chi connectivity index (χ4v) is 2.88. The van der Waals surface area contributed by atoms with Gasteiger partial charge in [-0.15, -0.1) is 6.58 Å². The van der Waals surface area contributed by atoms with Crippen molar-refractivity contribution >= 4 is 15.8 Å². The second-order valence-electron chi connectivity index (χ2n) is 4.07. The molecule has 0 heterocycles.